The van der Waals surface area contributed by atoms with E-state index in [9.17, 15) is 41.1 Å². The van der Waals surface area contributed by atoms with Gasteiger partial charge in [-0.1, -0.05) is 18.2 Å². The van der Waals surface area contributed by atoms with Crippen molar-refractivity contribution in [1.82, 2.24) is 9.88 Å². The second-order valence-corrected chi connectivity index (χ2v) is 9.55. The molecule has 1 atom stereocenters. The molecule has 1 amide bonds. The molecule has 9 nitrogen and oxygen atoms in total. The van der Waals surface area contributed by atoms with Crippen LogP contribution in [0, 0.1) is 0 Å². The number of carboxylic acid groups (broad SMARTS) is 1. The number of alkyl halides is 3. The first-order valence-corrected chi connectivity index (χ1v) is 11.3. The Hall–Kier alpha value is -3.87. The molecule has 0 spiro atoms. The number of aliphatic carboxylic acids is 1. The van der Waals surface area contributed by atoms with Gasteiger partial charge >= 0.3 is 12.1 Å². The largest absolute Gasteiger partial charge is 0.506 e. The van der Waals surface area contributed by atoms with Crippen molar-refractivity contribution in [2.24, 2.45) is 0 Å². The summed E-state index contributed by atoms with van der Waals surface area (Å²) in [5.74, 6) is -4.15. The third-order valence-electron chi connectivity index (χ3n) is 5.44. The van der Waals surface area contributed by atoms with Crippen LogP contribution in [-0.2, 0) is 20.8 Å². The molecule has 1 unspecified atom stereocenters. The third-order valence-corrected chi connectivity index (χ3v) is 7.19. The summed E-state index contributed by atoms with van der Waals surface area (Å²) in [6.45, 7) is -0.855. The van der Waals surface area contributed by atoms with Gasteiger partial charge in [0.2, 0.25) is 0 Å². The van der Waals surface area contributed by atoms with Gasteiger partial charge in [0.05, 0.1) is 27.8 Å². The number of nitrogens with zero attached hydrogens (tertiary/aromatic N) is 1. The normalized spacial score (nSPS) is 16.9. The molecular weight excluding hydrogens is 481 g/mol. The average molecular weight is 496 g/mol. The van der Waals surface area contributed by atoms with E-state index in [-0.39, 0.29) is 21.4 Å². The van der Waals surface area contributed by atoms with E-state index >= 15 is 0 Å². The van der Waals surface area contributed by atoms with Gasteiger partial charge in [0.15, 0.2) is 9.84 Å². The second kappa shape index (κ2) is 7.87. The number of aromatic hydroxyl groups is 1. The van der Waals surface area contributed by atoms with Crippen LogP contribution in [0.3, 0.4) is 0 Å². The van der Waals surface area contributed by atoms with Crippen LogP contribution in [0.1, 0.15) is 27.5 Å². The van der Waals surface area contributed by atoms with Gasteiger partial charge in [0.25, 0.3) is 11.5 Å². The fraction of sp³-hybridized carbons (Fsp3) is 0.190. The van der Waals surface area contributed by atoms with Crippen molar-refractivity contribution < 1.29 is 41.4 Å². The van der Waals surface area contributed by atoms with Gasteiger partial charge in [-0.25, -0.2) is 8.42 Å². The minimum Gasteiger partial charge on any atom is -0.506 e. The molecule has 0 aliphatic carbocycles. The maximum absolute atomic E-state index is 13.3. The topological polar surface area (TPSA) is 143 Å². The molecule has 0 radical (unpaired) electrons. The van der Waals surface area contributed by atoms with E-state index in [1.165, 1.54) is 18.2 Å². The highest BCUT2D eigenvalue weighted by Gasteiger charge is 2.37. The van der Waals surface area contributed by atoms with Gasteiger partial charge in [0, 0.05) is 5.39 Å². The molecule has 3 N–H and O–H groups in total. The molecule has 1 aliphatic rings. The first-order chi connectivity index (χ1) is 15.8. The number of nitrogens with one attached hydrogen (secondary N) is 1. The fourth-order valence-corrected chi connectivity index (χ4v) is 5.65. The first kappa shape index (κ1) is 23.3. The van der Waals surface area contributed by atoms with Gasteiger partial charge in [0.1, 0.15) is 17.9 Å². The summed E-state index contributed by atoms with van der Waals surface area (Å²) in [7, 11) is -4.04. The third kappa shape index (κ3) is 3.77. The van der Waals surface area contributed by atoms with E-state index in [4.69, 9.17) is 5.11 Å². The molecule has 178 valence electrons. The Morgan fingerprint density at radius 1 is 1.12 bits per heavy atom. The maximum atomic E-state index is 13.3. The minimum atomic E-state index is -4.64. The number of hydrogen-bond acceptors (Lipinski definition) is 6. The summed E-state index contributed by atoms with van der Waals surface area (Å²) in [5.41, 5.74) is -3.08. The average Bonchev–Trinajstić information content (AvgIpc) is 2.76. The standard InChI is InChI=1S/C21H15F3N2O7S/c22-21(23,24)11-6-4-10(5-7-11)13-9-34(32,33)14-3-1-2-12-17(14)26(13)20(31)16(18(12)29)19(30)25-8-15(27)28/h1-7,13,29H,8-9H2,(H,25,30)(H,27,28). The zero-order chi connectivity index (χ0) is 25.0. The smallest absolute Gasteiger partial charge is 0.416 e. The van der Waals surface area contributed by atoms with Gasteiger partial charge in [-0.2, -0.15) is 13.2 Å². The number of amides is 1. The molecule has 2 heterocycles. The lowest BCUT2D eigenvalue weighted by atomic mass is 10.0. The Bertz CT molecular complexity index is 1510. The van der Waals surface area contributed by atoms with E-state index in [1.54, 1.807) is 0 Å². The van der Waals surface area contributed by atoms with Crippen molar-refractivity contribution in [3.05, 3.63) is 69.5 Å². The molecule has 13 heteroatoms. The summed E-state index contributed by atoms with van der Waals surface area (Å²) in [6, 6.07) is 6.00. The summed E-state index contributed by atoms with van der Waals surface area (Å²) in [4.78, 5) is 36.4. The van der Waals surface area contributed by atoms with Crippen LogP contribution in [-0.4, -0.2) is 47.4 Å². The number of carboxylic acids is 1. The molecular formula is C21H15F3N2O7S. The highest BCUT2D eigenvalue weighted by molar-refractivity contribution is 7.91. The molecule has 0 saturated heterocycles. The summed E-state index contributed by atoms with van der Waals surface area (Å²) < 4.78 is 65.8. The predicted octanol–water partition coefficient (Wildman–Crippen LogP) is 1.92. The Balaban J connectivity index is 2.01. The maximum Gasteiger partial charge on any atom is 0.416 e. The molecule has 0 saturated carbocycles. The van der Waals surface area contributed by atoms with E-state index in [1.807, 2.05) is 5.32 Å². The molecule has 0 fully saturated rings. The van der Waals surface area contributed by atoms with Crippen molar-refractivity contribution in [3.63, 3.8) is 0 Å². The van der Waals surface area contributed by atoms with Crippen LogP contribution in [0.25, 0.3) is 10.9 Å². The lowest BCUT2D eigenvalue weighted by Gasteiger charge is -2.29. The van der Waals surface area contributed by atoms with Gasteiger partial charge in [-0.15, -0.1) is 0 Å². The van der Waals surface area contributed by atoms with Crippen molar-refractivity contribution in [3.8, 4) is 5.75 Å². The number of carbonyl (C=O) groups is 2. The molecule has 1 aliphatic heterocycles. The Morgan fingerprint density at radius 3 is 2.35 bits per heavy atom. The molecule has 34 heavy (non-hydrogen) atoms. The summed E-state index contributed by atoms with van der Waals surface area (Å²) in [6.07, 6.45) is -4.64. The van der Waals surface area contributed by atoms with E-state index < -0.39 is 68.7 Å². The fourth-order valence-electron chi connectivity index (χ4n) is 3.93. The van der Waals surface area contributed by atoms with Crippen molar-refractivity contribution in [1.29, 1.82) is 0 Å². The van der Waals surface area contributed by atoms with Crippen molar-refractivity contribution in [2.45, 2.75) is 17.1 Å². The molecule has 1 aromatic heterocycles. The monoisotopic (exact) mass is 496 g/mol. The van der Waals surface area contributed by atoms with E-state index in [0.29, 0.717) is 0 Å². The summed E-state index contributed by atoms with van der Waals surface area (Å²) >= 11 is 0. The van der Waals surface area contributed by atoms with Gasteiger partial charge in [-0.05, 0) is 29.8 Å². The molecule has 4 rings (SSSR count). The Labute approximate surface area is 189 Å². The number of halogens is 3. The number of carbonyl (C=O) groups excluding carboxylic acids is 1. The van der Waals surface area contributed by atoms with Crippen LogP contribution in [0.2, 0.25) is 0 Å². The number of rotatable bonds is 4. The lowest BCUT2D eigenvalue weighted by molar-refractivity contribution is -0.138. The number of pyridine rings is 1. The number of para-hydroxylation sites is 1. The van der Waals surface area contributed by atoms with Crippen LogP contribution in [0.5, 0.6) is 5.75 Å². The quantitative estimate of drug-likeness (QED) is 0.501. The Morgan fingerprint density at radius 2 is 1.76 bits per heavy atom. The Kier molecular flexibility index (Phi) is 5.39. The first-order valence-electron chi connectivity index (χ1n) is 9.63. The highest BCUT2D eigenvalue weighted by atomic mass is 32.2. The molecule has 2 aromatic carbocycles. The van der Waals surface area contributed by atoms with E-state index in [2.05, 4.69) is 0 Å². The van der Waals surface area contributed by atoms with Crippen LogP contribution < -0.4 is 10.9 Å². The summed E-state index contributed by atoms with van der Waals surface area (Å²) in [5, 5.41) is 21.2. The van der Waals surface area contributed by atoms with Crippen molar-refractivity contribution in [2.75, 3.05) is 12.3 Å². The predicted molar refractivity (Wildman–Crippen MR) is 111 cm³/mol. The number of hydrogen-bond donors (Lipinski definition) is 3. The number of sulfone groups is 1. The second-order valence-electron chi connectivity index (χ2n) is 7.54. The van der Waals surface area contributed by atoms with E-state index in [0.717, 1.165) is 28.8 Å². The molecule has 0 bridgehead atoms. The lowest BCUT2D eigenvalue weighted by Crippen LogP contribution is -2.40. The van der Waals surface area contributed by atoms with Gasteiger partial charge < -0.3 is 15.5 Å². The zero-order valence-corrected chi connectivity index (χ0v) is 17.8. The van der Waals surface area contributed by atoms with Crippen LogP contribution >= 0.6 is 0 Å². The highest BCUT2D eigenvalue weighted by Crippen LogP contribution is 2.39. The zero-order valence-electron chi connectivity index (χ0n) is 17.0. The van der Waals surface area contributed by atoms with Gasteiger partial charge in [-0.3, -0.25) is 19.0 Å². The number of aromatic nitrogens is 1. The van der Waals surface area contributed by atoms with Crippen LogP contribution in [0.15, 0.2) is 52.2 Å². The molecule has 3 aromatic rings. The number of benzene rings is 2. The van der Waals surface area contributed by atoms with Crippen LogP contribution in [0.4, 0.5) is 13.2 Å². The minimum absolute atomic E-state index is 0.0528. The SMILES string of the molecule is O=C(O)CNC(=O)c1c(O)c2cccc3c2n(c1=O)C(c1ccc(C(F)(F)F)cc1)CS3(=O)=O. The van der Waals surface area contributed by atoms with Crippen molar-refractivity contribution >= 4 is 32.6 Å².